The van der Waals surface area contributed by atoms with Gasteiger partial charge in [0.2, 0.25) is 0 Å². The van der Waals surface area contributed by atoms with Crippen molar-refractivity contribution < 1.29 is 5.11 Å². The van der Waals surface area contributed by atoms with E-state index >= 15 is 0 Å². The molecule has 0 spiro atoms. The number of pyridine rings is 1. The number of anilines is 1. The van der Waals surface area contributed by atoms with E-state index in [2.05, 4.69) is 4.98 Å². The van der Waals surface area contributed by atoms with Crippen molar-refractivity contribution in [3.05, 3.63) is 28.8 Å². The molecule has 4 nitrogen and oxygen atoms in total. The summed E-state index contributed by atoms with van der Waals surface area (Å²) in [6.07, 6.45) is 0. The van der Waals surface area contributed by atoms with Crippen molar-refractivity contribution in [2.24, 2.45) is 0 Å². The van der Waals surface area contributed by atoms with Gasteiger partial charge < -0.3 is 10.8 Å². The van der Waals surface area contributed by atoms with Gasteiger partial charge in [-0.15, -0.1) is 0 Å². The van der Waals surface area contributed by atoms with E-state index in [-0.39, 0.29) is 17.1 Å². The number of benzene rings is 1. The van der Waals surface area contributed by atoms with Gasteiger partial charge >= 0.3 is 0 Å². The molecule has 0 atom stereocenters. The van der Waals surface area contributed by atoms with Gasteiger partial charge in [-0.05, 0) is 18.2 Å². The van der Waals surface area contributed by atoms with Crippen LogP contribution in [0, 0.1) is 11.3 Å². The Bertz CT molecular complexity index is 589. The number of hydrogen-bond acceptors (Lipinski definition) is 4. The van der Waals surface area contributed by atoms with Crippen LogP contribution >= 0.6 is 11.6 Å². The first-order valence-electron chi connectivity index (χ1n) is 4.11. The number of rotatable bonds is 0. The second kappa shape index (κ2) is 3.30. The van der Waals surface area contributed by atoms with Crippen LogP contribution in [0.3, 0.4) is 0 Å². The van der Waals surface area contributed by atoms with Gasteiger partial charge in [0.05, 0.1) is 5.52 Å². The molecule has 0 bridgehead atoms. The molecule has 2 aromatic rings. The number of fused-ring (bicyclic) bond motifs is 1. The summed E-state index contributed by atoms with van der Waals surface area (Å²) >= 11 is 5.77. The van der Waals surface area contributed by atoms with Crippen LogP contribution in [0.25, 0.3) is 10.9 Å². The number of halogens is 1. The number of aromatic hydroxyl groups is 1. The molecule has 0 aliphatic heterocycles. The highest BCUT2D eigenvalue weighted by molar-refractivity contribution is 6.31. The molecule has 1 aromatic carbocycles. The third-order valence-corrected chi connectivity index (χ3v) is 2.30. The molecule has 0 saturated carbocycles. The molecule has 2 rings (SSSR count). The van der Waals surface area contributed by atoms with Crippen LogP contribution in [0.5, 0.6) is 5.75 Å². The third kappa shape index (κ3) is 1.43. The number of nitrogens with two attached hydrogens (primary N) is 1. The van der Waals surface area contributed by atoms with Crippen molar-refractivity contribution in [3.8, 4) is 11.8 Å². The van der Waals surface area contributed by atoms with E-state index < -0.39 is 0 Å². The monoisotopic (exact) mass is 219 g/mol. The Morgan fingerprint density at radius 1 is 1.47 bits per heavy atom. The summed E-state index contributed by atoms with van der Waals surface area (Å²) in [5.74, 6) is -0.151. The fourth-order valence-electron chi connectivity index (χ4n) is 1.35. The van der Waals surface area contributed by atoms with Gasteiger partial charge in [0.1, 0.15) is 23.2 Å². The minimum absolute atomic E-state index is 0.00441. The highest BCUT2D eigenvalue weighted by Gasteiger charge is 2.11. The molecular formula is C10H6ClN3O. The summed E-state index contributed by atoms with van der Waals surface area (Å²) in [6, 6.07) is 6.59. The molecule has 1 aromatic heterocycles. The first-order valence-corrected chi connectivity index (χ1v) is 4.49. The van der Waals surface area contributed by atoms with Gasteiger partial charge in [0.15, 0.2) is 0 Å². The maximum Gasteiger partial charge on any atom is 0.146 e. The van der Waals surface area contributed by atoms with E-state index in [1.165, 1.54) is 0 Å². The van der Waals surface area contributed by atoms with Crippen molar-refractivity contribution in [1.29, 1.82) is 5.26 Å². The quantitative estimate of drug-likeness (QED) is 0.710. The Hall–Kier alpha value is -1.99. The van der Waals surface area contributed by atoms with E-state index in [0.29, 0.717) is 15.9 Å². The average Bonchev–Trinajstić information content (AvgIpc) is 2.17. The first kappa shape index (κ1) is 9.56. The summed E-state index contributed by atoms with van der Waals surface area (Å²) in [7, 11) is 0. The predicted octanol–water partition coefficient (Wildman–Crippen LogP) is 2.05. The van der Waals surface area contributed by atoms with Gasteiger partial charge in [-0.1, -0.05) is 11.6 Å². The van der Waals surface area contributed by atoms with Crippen LogP contribution in [-0.2, 0) is 0 Å². The van der Waals surface area contributed by atoms with Crippen LogP contribution in [0.4, 0.5) is 5.82 Å². The summed E-state index contributed by atoms with van der Waals surface area (Å²) in [6.45, 7) is 0. The molecule has 1 heterocycles. The molecule has 3 N–H and O–H groups in total. The molecule has 0 aliphatic carbocycles. The van der Waals surface area contributed by atoms with Crippen molar-refractivity contribution >= 4 is 28.3 Å². The van der Waals surface area contributed by atoms with E-state index in [4.69, 9.17) is 22.6 Å². The van der Waals surface area contributed by atoms with Gasteiger partial charge in [-0.3, -0.25) is 0 Å². The summed E-state index contributed by atoms with van der Waals surface area (Å²) in [5.41, 5.74) is 5.97. The standard InChI is InChI=1S/C10H6ClN3O/c11-5-1-2-6-8(3-5)14-10(13)7(4-12)9(6)15/h1-3H,(H3,13,14,15). The summed E-state index contributed by atoms with van der Waals surface area (Å²) in [4.78, 5) is 3.98. The lowest BCUT2D eigenvalue weighted by Crippen LogP contribution is -1.96. The molecule has 0 fully saturated rings. The smallest absolute Gasteiger partial charge is 0.146 e. The zero-order chi connectivity index (χ0) is 11.0. The SMILES string of the molecule is N#Cc1c(N)nc2cc(Cl)ccc2c1O. The van der Waals surface area contributed by atoms with E-state index in [0.717, 1.165) is 0 Å². The topological polar surface area (TPSA) is 82.9 Å². The van der Waals surface area contributed by atoms with Crippen molar-refractivity contribution in [1.82, 2.24) is 4.98 Å². The highest BCUT2D eigenvalue weighted by Crippen LogP contribution is 2.31. The minimum atomic E-state index is -0.156. The maximum atomic E-state index is 9.74. The van der Waals surface area contributed by atoms with Crippen molar-refractivity contribution in [3.63, 3.8) is 0 Å². The molecule has 0 aliphatic rings. The first-order chi connectivity index (χ1) is 7.13. The van der Waals surface area contributed by atoms with Crippen LogP contribution < -0.4 is 5.73 Å². The lowest BCUT2D eigenvalue weighted by atomic mass is 10.1. The van der Waals surface area contributed by atoms with E-state index in [1.54, 1.807) is 24.3 Å². The molecule has 5 heteroatoms. The second-order valence-corrected chi connectivity index (χ2v) is 3.43. The van der Waals surface area contributed by atoms with Crippen LogP contribution in [0.15, 0.2) is 18.2 Å². The zero-order valence-corrected chi connectivity index (χ0v) is 8.28. The number of nitrogens with zero attached hydrogens (tertiary/aromatic N) is 2. The largest absolute Gasteiger partial charge is 0.506 e. The summed E-state index contributed by atoms with van der Waals surface area (Å²) < 4.78 is 0. The number of nitriles is 1. The summed E-state index contributed by atoms with van der Waals surface area (Å²) in [5, 5.41) is 19.5. The predicted molar refractivity (Wildman–Crippen MR) is 57.5 cm³/mol. The molecule has 15 heavy (non-hydrogen) atoms. The Kier molecular flexibility index (Phi) is 2.10. The number of hydrogen-bond donors (Lipinski definition) is 2. The van der Waals surface area contributed by atoms with E-state index in [1.807, 2.05) is 0 Å². The Labute approximate surface area is 90.5 Å². The average molecular weight is 220 g/mol. The van der Waals surface area contributed by atoms with Crippen molar-refractivity contribution in [2.45, 2.75) is 0 Å². The van der Waals surface area contributed by atoms with Gasteiger partial charge in [0, 0.05) is 10.4 Å². The van der Waals surface area contributed by atoms with Crippen molar-refractivity contribution in [2.75, 3.05) is 5.73 Å². The number of aromatic nitrogens is 1. The van der Waals surface area contributed by atoms with Crippen LogP contribution in [0.1, 0.15) is 5.56 Å². The van der Waals surface area contributed by atoms with Gasteiger partial charge in [0.25, 0.3) is 0 Å². The van der Waals surface area contributed by atoms with E-state index in [9.17, 15) is 5.11 Å². The molecule has 0 saturated heterocycles. The van der Waals surface area contributed by atoms with Gasteiger partial charge in [-0.2, -0.15) is 5.26 Å². The number of nitrogen functional groups attached to an aromatic ring is 1. The molecule has 0 amide bonds. The normalized spacial score (nSPS) is 10.1. The Morgan fingerprint density at radius 2 is 2.20 bits per heavy atom. The highest BCUT2D eigenvalue weighted by atomic mass is 35.5. The lowest BCUT2D eigenvalue weighted by Gasteiger charge is -2.04. The third-order valence-electron chi connectivity index (χ3n) is 2.06. The fraction of sp³-hybridized carbons (Fsp3) is 0. The molecule has 0 radical (unpaired) electrons. The second-order valence-electron chi connectivity index (χ2n) is 2.99. The fourth-order valence-corrected chi connectivity index (χ4v) is 1.52. The molecule has 0 unspecified atom stereocenters. The zero-order valence-electron chi connectivity index (χ0n) is 7.53. The minimum Gasteiger partial charge on any atom is -0.506 e. The lowest BCUT2D eigenvalue weighted by molar-refractivity contribution is 0.480. The Balaban J connectivity index is 2.92. The van der Waals surface area contributed by atoms with Crippen LogP contribution in [-0.4, -0.2) is 10.1 Å². The van der Waals surface area contributed by atoms with Crippen LogP contribution in [0.2, 0.25) is 5.02 Å². The molecular weight excluding hydrogens is 214 g/mol. The van der Waals surface area contributed by atoms with Gasteiger partial charge in [-0.25, -0.2) is 4.98 Å². The maximum absolute atomic E-state index is 9.74. The molecule has 74 valence electrons. The Morgan fingerprint density at radius 3 is 2.87 bits per heavy atom.